The fraction of sp³-hybridized carbons (Fsp3) is 0.500. The van der Waals surface area contributed by atoms with Crippen LogP contribution < -0.4 is 5.32 Å². The maximum absolute atomic E-state index is 12.6. The second-order valence-corrected chi connectivity index (χ2v) is 8.51. The van der Waals surface area contributed by atoms with Crippen LogP contribution in [0.1, 0.15) is 29.6 Å². The van der Waals surface area contributed by atoms with Crippen LogP contribution in [0, 0.1) is 6.92 Å². The Labute approximate surface area is 148 Å². The summed E-state index contributed by atoms with van der Waals surface area (Å²) in [5, 5.41) is 4.30. The van der Waals surface area contributed by atoms with Crippen LogP contribution in [0.3, 0.4) is 0 Å². The van der Waals surface area contributed by atoms with Gasteiger partial charge < -0.3 is 5.32 Å². The van der Waals surface area contributed by atoms with E-state index in [9.17, 15) is 9.59 Å². The summed E-state index contributed by atoms with van der Waals surface area (Å²) in [5.74, 6) is 0.565. The molecule has 3 heterocycles. The molecule has 24 heavy (non-hydrogen) atoms. The molecule has 0 spiro atoms. The number of fused-ring (bicyclic) bond motifs is 3. The first kappa shape index (κ1) is 15.8. The summed E-state index contributed by atoms with van der Waals surface area (Å²) in [5.41, 5.74) is 1.36. The average molecular weight is 362 g/mol. The van der Waals surface area contributed by atoms with Crippen molar-refractivity contribution in [3.05, 3.63) is 16.3 Å². The maximum Gasteiger partial charge on any atom is 0.324 e. The average Bonchev–Trinajstić information content (AvgIpc) is 3.21. The van der Waals surface area contributed by atoms with Gasteiger partial charge in [-0.2, -0.15) is 0 Å². The second-order valence-electron chi connectivity index (χ2n) is 6.10. The normalized spacial score (nSPS) is 18.1. The Balaban J connectivity index is 1.66. The fourth-order valence-corrected chi connectivity index (χ4v) is 5.73. The lowest BCUT2D eigenvalue weighted by Gasteiger charge is -2.17. The van der Waals surface area contributed by atoms with Gasteiger partial charge >= 0.3 is 6.03 Å². The summed E-state index contributed by atoms with van der Waals surface area (Å²) in [6.45, 7) is 4.69. The number of hydrogen-bond acceptors (Lipinski definition) is 6. The summed E-state index contributed by atoms with van der Waals surface area (Å²) in [6, 6.07) is -0.298. The van der Waals surface area contributed by atoms with Gasteiger partial charge in [0.2, 0.25) is 5.91 Å². The van der Waals surface area contributed by atoms with Gasteiger partial charge in [0.25, 0.3) is 0 Å². The Hall–Kier alpha value is -1.67. The molecule has 3 amide bonds. The van der Waals surface area contributed by atoms with Gasteiger partial charge in [0, 0.05) is 23.4 Å². The van der Waals surface area contributed by atoms with Crippen molar-refractivity contribution >= 4 is 45.3 Å². The molecule has 1 N–H and O–H groups in total. The van der Waals surface area contributed by atoms with Crippen molar-refractivity contribution in [3.63, 3.8) is 0 Å². The molecule has 0 radical (unpaired) electrons. The van der Waals surface area contributed by atoms with Gasteiger partial charge in [-0.1, -0.05) is 11.8 Å². The Morgan fingerprint density at radius 2 is 2.21 bits per heavy atom. The molecule has 1 saturated heterocycles. The van der Waals surface area contributed by atoms with E-state index in [1.807, 2.05) is 13.8 Å². The smallest absolute Gasteiger partial charge is 0.324 e. The molecule has 0 saturated carbocycles. The van der Waals surface area contributed by atoms with Gasteiger partial charge in [-0.3, -0.25) is 9.69 Å². The van der Waals surface area contributed by atoms with Crippen molar-refractivity contribution in [3.8, 4) is 0 Å². The highest BCUT2D eigenvalue weighted by Crippen LogP contribution is 2.41. The molecule has 1 aliphatic heterocycles. The minimum absolute atomic E-state index is 0.161. The number of amides is 3. The Morgan fingerprint density at radius 1 is 1.38 bits per heavy atom. The number of thioether (sulfide) groups is 1. The number of urea groups is 1. The van der Waals surface area contributed by atoms with Crippen LogP contribution in [-0.2, 0) is 17.6 Å². The number of aryl methyl sites for hydroxylation is 3. The number of carbonyl (C=O) groups excluding carboxylic acids is 2. The third kappa shape index (κ3) is 2.57. The van der Waals surface area contributed by atoms with Gasteiger partial charge in [-0.25, -0.2) is 14.8 Å². The number of carbonyl (C=O) groups is 2. The second kappa shape index (κ2) is 6.00. The highest BCUT2D eigenvalue weighted by atomic mass is 32.2. The summed E-state index contributed by atoms with van der Waals surface area (Å²) >= 11 is 3.19. The standard InChI is InChI=1S/C16H18N4O2S2/c1-8(15(21)20-7-6-17-16(20)22)23-13-12-10-4-3-5-11(10)24-14(12)19-9(2)18-13/h8H,3-7H2,1-2H3,(H,17,22)/t8-/m0/s1. The van der Waals surface area contributed by atoms with Crippen molar-refractivity contribution in [1.82, 2.24) is 20.2 Å². The van der Waals surface area contributed by atoms with Crippen LogP contribution in [0.4, 0.5) is 4.79 Å². The Kier molecular flexibility index (Phi) is 3.96. The zero-order valence-electron chi connectivity index (χ0n) is 13.6. The summed E-state index contributed by atoms with van der Waals surface area (Å²) < 4.78 is 0. The van der Waals surface area contributed by atoms with E-state index in [2.05, 4.69) is 15.3 Å². The van der Waals surface area contributed by atoms with Gasteiger partial charge in [0.15, 0.2) is 0 Å². The number of thiophene rings is 1. The third-order valence-electron chi connectivity index (χ3n) is 4.40. The van der Waals surface area contributed by atoms with Gasteiger partial charge in [-0.05, 0) is 38.7 Å². The molecule has 6 nitrogen and oxygen atoms in total. The maximum atomic E-state index is 12.6. The van der Waals surface area contributed by atoms with Crippen LogP contribution in [-0.4, -0.2) is 45.1 Å². The molecule has 1 fully saturated rings. The molecule has 2 aliphatic rings. The molecule has 1 aliphatic carbocycles. The first-order valence-corrected chi connectivity index (χ1v) is 9.79. The largest absolute Gasteiger partial charge is 0.336 e. The minimum Gasteiger partial charge on any atom is -0.336 e. The molecule has 1 atom stereocenters. The van der Waals surface area contributed by atoms with Crippen molar-refractivity contribution < 1.29 is 9.59 Å². The van der Waals surface area contributed by atoms with Crippen LogP contribution in [0.25, 0.3) is 10.2 Å². The monoisotopic (exact) mass is 362 g/mol. The lowest BCUT2D eigenvalue weighted by Crippen LogP contribution is -2.38. The number of hydrogen-bond donors (Lipinski definition) is 1. The summed E-state index contributed by atoms with van der Waals surface area (Å²) in [4.78, 5) is 37.2. The van der Waals surface area contributed by atoms with E-state index in [1.54, 1.807) is 11.3 Å². The molecule has 126 valence electrons. The van der Waals surface area contributed by atoms with Crippen molar-refractivity contribution in [1.29, 1.82) is 0 Å². The molecule has 2 aromatic rings. The number of nitrogens with zero attached hydrogens (tertiary/aromatic N) is 3. The zero-order chi connectivity index (χ0) is 16.8. The number of imide groups is 1. The molecule has 2 aromatic heterocycles. The number of nitrogens with one attached hydrogen (secondary N) is 1. The first-order valence-electron chi connectivity index (χ1n) is 8.09. The highest BCUT2D eigenvalue weighted by molar-refractivity contribution is 8.00. The third-order valence-corrected chi connectivity index (χ3v) is 6.66. The molecule has 4 rings (SSSR count). The van der Waals surface area contributed by atoms with E-state index in [0.717, 1.165) is 33.9 Å². The van der Waals surface area contributed by atoms with E-state index in [0.29, 0.717) is 13.1 Å². The van der Waals surface area contributed by atoms with Crippen LogP contribution >= 0.6 is 23.1 Å². The topological polar surface area (TPSA) is 75.2 Å². The van der Waals surface area contributed by atoms with E-state index in [1.165, 1.54) is 33.5 Å². The lowest BCUT2D eigenvalue weighted by atomic mass is 10.2. The zero-order valence-corrected chi connectivity index (χ0v) is 15.2. The van der Waals surface area contributed by atoms with E-state index in [-0.39, 0.29) is 17.2 Å². The van der Waals surface area contributed by atoms with Crippen LogP contribution in [0.15, 0.2) is 5.03 Å². The number of aromatic nitrogens is 2. The SMILES string of the molecule is Cc1nc(S[C@@H](C)C(=O)N2CCNC2=O)c2c3c(sc2n1)CCC3. The van der Waals surface area contributed by atoms with Gasteiger partial charge in [0.1, 0.15) is 15.7 Å². The van der Waals surface area contributed by atoms with Crippen LogP contribution in [0.5, 0.6) is 0 Å². The van der Waals surface area contributed by atoms with Crippen molar-refractivity contribution in [2.75, 3.05) is 13.1 Å². The van der Waals surface area contributed by atoms with E-state index in [4.69, 9.17) is 0 Å². The van der Waals surface area contributed by atoms with E-state index < -0.39 is 0 Å². The molecular weight excluding hydrogens is 344 g/mol. The van der Waals surface area contributed by atoms with Gasteiger partial charge in [0.05, 0.1) is 5.25 Å². The highest BCUT2D eigenvalue weighted by Gasteiger charge is 2.31. The predicted octanol–water partition coefficient (Wildman–Crippen LogP) is 2.52. The lowest BCUT2D eigenvalue weighted by molar-refractivity contribution is -0.126. The molecule has 0 aromatic carbocycles. The minimum atomic E-state index is -0.358. The quantitative estimate of drug-likeness (QED) is 0.671. The predicted molar refractivity (Wildman–Crippen MR) is 94.6 cm³/mol. The molecule has 8 heteroatoms. The molecular formula is C16H18N4O2S2. The Morgan fingerprint density at radius 3 is 2.96 bits per heavy atom. The summed E-state index contributed by atoms with van der Waals surface area (Å²) in [6.07, 6.45) is 3.35. The van der Waals surface area contributed by atoms with Crippen molar-refractivity contribution in [2.24, 2.45) is 0 Å². The molecule has 0 bridgehead atoms. The summed E-state index contributed by atoms with van der Waals surface area (Å²) in [7, 11) is 0. The van der Waals surface area contributed by atoms with Gasteiger partial charge in [-0.15, -0.1) is 11.3 Å². The van der Waals surface area contributed by atoms with Crippen LogP contribution in [0.2, 0.25) is 0 Å². The fourth-order valence-electron chi connectivity index (χ4n) is 3.27. The molecule has 0 unspecified atom stereocenters. The van der Waals surface area contributed by atoms with E-state index >= 15 is 0 Å². The number of rotatable bonds is 3. The Bertz CT molecular complexity index is 848. The first-order chi connectivity index (χ1) is 11.5. The van der Waals surface area contributed by atoms with Crippen molar-refractivity contribution in [2.45, 2.75) is 43.4 Å².